The second-order valence-corrected chi connectivity index (χ2v) is 6.85. The van der Waals surface area contributed by atoms with E-state index in [9.17, 15) is 14.9 Å². The molecule has 1 N–H and O–H groups in total. The van der Waals surface area contributed by atoms with Crippen LogP contribution >= 0.6 is 35.6 Å². The molecule has 8 nitrogen and oxygen atoms in total. The second-order valence-electron chi connectivity index (χ2n) is 6.04. The van der Waals surface area contributed by atoms with Crippen LogP contribution in [-0.4, -0.2) is 51.7 Å². The summed E-state index contributed by atoms with van der Waals surface area (Å²) in [5, 5.41) is 18.5. The average Bonchev–Trinajstić information content (AvgIpc) is 3.10. The number of halogens is 3. The lowest BCUT2D eigenvalue weighted by Gasteiger charge is -2.32. The van der Waals surface area contributed by atoms with Crippen LogP contribution in [0.15, 0.2) is 24.4 Å². The Kier molecular flexibility index (Phi) is 7.05. The van der Waals surface area contributed by atoms with Gasteiger partial charge in [-0.3, -0.25) is 14.9 Å². The highest BCUT2D eigenvalue weighted by Crippen LogP contribution is 2.33. The molecular formula is C16H18Cl3N5O3. The zero-order valence-electron chi connectivity index (χ0n) is 14.4. The fourth-order valence-electron chi connectivity index (χ4n) is 3.00. The van der Waals surface area contributed by atoms with Gasteiger partial charge >= 0.3 is 0 Å². The number of hydrogen-bond donors (Lipinski definition) is 1. The Bertz CT molecular complexity index is 835. The normalized spacial score (nSPS) is 16.7. The van der Waals surface area contributed by atoms with Crippen LogP contribution < -0.4 is 5.32 Å². The maximum atomic E-state index is 12.7. The van der Waals surface area contributed by atoms with Crippen molar-refractivity contribution in [1.29, 1.82) is 0 Å². The summed E-state index contributed by atoms with van der Waals surface area (Å²) in [6.07, 6.45) is 3.52. The lowest BCUT2D eigenvalue weighted by Crippen LogP contribution is -2.47. The van der Waals surface area contributed by atoms with E-state index < -0.39 is 4.92 Å². The van der Waals surface area contributed by atoms with E-state index >= 15 is 0 Å². The summed E-state index contributed by atoms with van der Waals surface area (Å²) in [5.74, 6) is -0.169. The summed E-state index contributed by atoms with van der Waals surface area (Å²) in [6.45, 7) is 1.31. The molecule has 3 rings (SSSR count). The zero-order valence-corrected chi connectivity index (χ0v) is 16.7. The number of carbonyl (C=O) groups is 1. The maximum Gasteiger partial charge on any atom is 0.274 e. The van der Waals surface area contributed by atoms with Crippen LogP contribution in [-0.2, 0) is 0 Å². The fraction of sp³-hybridized carbons (Fsp3) is 0.375. The van der Waals surface area contributed by atoms with Crippen molar-refractivity contribution in [2.75, 3.05) is 20.1 Å². The van der Waals surface area contributed by atoms with E-state index in [4.69, 9.17) is 23.2 Å². The summed E-state index contributed by atoms with van der Waals surface area (Å²) < 4.78 is 1.36. The zero-order chi connectivity index (χ0) is 18.8. The molecule has 0 saturated carbocycles. The molecule has 11 heteroatoms. The topological polar surface area (TPSA) is 93.3 Å². The van der Waals surface area contributed by atoms with Crippen LogP contribution in [0.1, 0.15) is 23.3 Å². The number of likely N-dealkylation sites (N-methyl/N-ethyl adjacent to an activating group) is 1. The van der Waals surface area contributed by atoms with Crippen LogP contribution in [0.2, 0.25) is 10.0 Å². The van der Waals surface area contributed by atoms with E-state index in [1.165, 1.54) is 16.8 Å². The summed E-state index contributed by atoms with van der Waals surface area (Å²) in [6, 6.07) is 4.26. The monoisotopic (exact) mass is 433 g/mol. The van der Waals surface area contributed by atoms with E-state index in [2.05, 4.69) is 10.4 Å². The summed E-state index contributed by atoms with van der Waals surface area (Å²) >= 11 is 12.3. The van der Waals surface area contributed by atoms with Gasteiger partial charge in [-0.05, 0) is 26.0 Å². The quantitative estimate of drug-likeness (QED) is 0.588. The number of amides is 1. The van der Waals surface area contributed by atoms with Gasteiger partial charge in [-0.15, -0.1) is 12.4 Å². The summed E-state index contributed by atoms with van der Waals surface area (Å²) in [4.78, 5) is 24.8. The van der Waals surface area contributed by atoms with Gasteiger partial charge in [0.25, 0.3) is 11.6 Å². The van der Waals surface area contributed by atoms with Crippen LogP contribution in [0.4, 0.5) is 5.69 Å². The summed E-state index contributed by atoms with van der Waals surface area (Å²) in [5.41, 5.74) is 0.357. The Morgan fingerprint density at radius 2 is 2.04 bits per heavy atom. The Hall–Kier alpha value is -1.87. The minimum atomic E-state index is -0.575. The molecule has 1 fully saturated rings. The predicted molar refractivity (Wildman–Crippen MR) is 105 cm³/mol. The number of carbonyl (C=O) groups excluding carboxylic acids is 1. The van der Waals surface area contributed by atoms with Crippen molar-refractivity contribution in [2.24, 2.45) is 0 Å². The molecule has 1 atom stereocenters. The lowest BCUT2D eigenvalue weighted by atomic mass is 10.1. The number of aromatic nitrogens is 2. The third kappa shape index (κ3) is 4.52. The van der Waals surface area contributed by atoms with Gasteiger partial charge in [-0.25, -0.2) is 4.68 Å². The average molecular weight is 435 g/mol. The molecule has 1 aromatic carbocycles. The standard InChI is InChI=1S/C16H17Cl2N5O3.ClH/c1-19-10-3-2-5-21(9-10)16(24)14-4-6-22(20-14)15-12(17)7-11(23(25)26)8-13(15)18;/h4,6-8,10,19H,2-3,5,9H2,1H3;1H. The van der Waals surface area contributed by atoms with E-state index in [0.717, 1.165) is 12.8 Å². The van der Waals surface area contributed by atoms with Crippen molar-refractivity contribution in [2.45, 2.75) is 18.9 Å². The predicted octanol–water partition coefficient (Wildman–Crippen LogP) is 3.33. The fourth-order valence-corrected chi connectivity index (χ4v) is 3.65. The Labute approximate surface area is 172 Å². The van der Waals surface area contributed by atoms with Crippen molar-refractivity contribution < 1.29 is 9.72 Å². The number of nitro groups is 1. The van der Waals surface area contributed by atoms with Gasteiger partial charge in [0, 0.05) is 37.5 Å². The van der Waals surface area contributed by atoms with Gasteiger partial charge in [0.15, 0.2) is 5.69 Å². The van der Waals surface area contributed by atoms with Crippen molar-refractivity contribution in [3.05, 3.63) is 50.2 Å². The molecule has 146 valence electrons. The highest BCUT2D eigenvalue weighted by molar-refractivity contribution is 6.38. The molecule has 0 bridgehead atoms. The number of rotatable bonds is 4. The van der Waals surface area contributed by atoms with E-state index in [-0.39, 0.29) is 45.8 Å². The molecule has 0 aliphatic carbocycles. The molecular weight excluding hydrogens is 417 g/mol. The lowest BCUT2D eigenvalue weighted by molar-refractivity contribution is -0.384. The largest absolute Gasteiger partial charge is 0.336 e. The van der Waals surface area contributed by atoms with Gasteiger partial charge in [-0.1, -0.05) is 23.2 Å². The molecule has 27 heavy (non-hydrogen) atoms. The number of nitro benzene ring substituents is 1. The third-order valence-electron chi connectivity index (χ3n) is 4.37. The minimum absolute atomic E-state index is 0. The van der Waals surface area contributed by atoms with Crippen molar-refractivity contribution in [3.8, 4) is 5.69 Å². The number of nitrogens with one attached hydrogen (secondary N) is 1. The highest BCUT2D eigenvalue weighted by Gasteiger charge is 2.25. The molecule has 1 aromatic heterocycles. The molecule has 1 amide bonds. The number of hydrogen-bond acceptors (Lipinski definition) is 5. The number of benzene rings is 1. The maximum absolute atomic E-state index is 12.7. The molecule has 0 spiro atoms. The molecule has 1 aliphatic heterocycles. The molecule has 2 aromatic rings. The van der Waals surface area contributed by atoms with Crippen molar-refractivity contribution in [1.82, 2.24) is 20.0 Å². The highest BCUT2D eigenvalue weighted by atomic mass is 35.5. The van der Waals surface area contributed by atoms with Gasteiger partial charge < -0.3 is 10.2 Å². The molecule has 1 saturated heterocycles. The molecule has 1 aliphatic rings. The van der Waals surface area contributed by atoms with E-state index in [1.807, 2.05) is 7.05 Å². The van der Waals surface area contributed by atoms with Crippen molar-refractivity contribution in [3.63, 3.8) is 0 Å². The van der Waals surface area contributed by atoms with Crippen LogP contribution in [0.3, 0.4) is 0 Å². The Morgan fingerprint density at radius 1 is 1.37 bits per heavy atom. The smallest absolute Gasteiger partial charge is 0.274 e. The van der Waals surface area contributed by atoms with Crippen molar-refractivity contribution >= 4 is 47.2 Å². The SMILES string of the molecule is CNC1CCCN(C(=O)c2ccn(-c3c(Cl)cc([N+](=O)[O-])cc3Cl)n2)C1.Cl. The third-order valence-corrected chi connectivity index (χ3v) is 4.94. The Morgan fingerprint density at radius 3 is 2.63 bits per heavy atom. The van der Waals surface area contributed by atoms with Gasteiger partial charge in [0.05, 0.1) is 15.0 Å². The van der Waals surface area contributed by atoms with E-state index in [0.29, 0.717) is 18.8 Å². The van der Waals surface area contributed by atoms with Crippen LogP contribution in [0, 0.1) is 10.1 Å². The number of piperidine rings is 1. The van der Waals surface area contributed by atoms with Gasteiger partial charge in [0.2, 0.25) is 0 Å². The molecule has 1 unspecified atom stereocenters. The first kappa shape index (κ1) is 21.4. The van der Waals surface area contributed by atoms with E-state index in [1.54, 1.807) is 17.2 Å². The Balaban J connectivity index is 0.00000261. The first-order valence-corrected chi connectivity index (χ1v) is 8.82. The van der Waals surface area contributed by atoms with Gasteiger partial charge in [-0.2, -0.15) is 5.10 Å². The number of non-ortho nitro benzene ring substituents is 1. The minimum Gasteiger partial charge on any atom is -0.336 e. The number of likely N-dealkylation sites (tertiary alicyclic amines) is 1. The van der Waals surface area contributed by atoms with Crippen LogP contribution in [0.5, 0.6) is 0 Å². The first-order valence-electron chi connectivity index (χ1n) is 8.06. The molecule has 0 radical (unpaired) electrons. The molecule has 2 heterocycles. The summed E-state index contributed by atoms with van der Waals surface area (Å²) in [7, 11) is 1.88. The van der Waals surface area contributed by atoms with Gasteiger partial charge in [0.1, 0.15) is 5.69 Å². The second kappa shape index (κ2) is 8.88. The number of nitrogens with zero attached hydrogens (tertiary/aromatic N) is 4. The first-order chi connectivity index (χ1) is 12.4. The van der Waals surface area contributed by atoms with Crippen LogP contribution in [0.25, 0.3) is 5.69 Å².